The number of esters is 1. The number of carbonyl (C=O) groups is 4. The van der Waals surface area contributed by atoms with Crippen molar-refractivity contribution < 1.29 is 23.9 Å². The molecular formula is C33H31BrN2O5. The second-order valence-electron chi connectivity index (χ2n) is 11.5. The minimum Gasteiger partial charge on any atom is -0.454 e. The molecule has 0 aromatic heterocycles. The Balaban J connectivity index is 1.25. The molecule has 4 aliphatic rings. The van der Waals surface area contributed by atoms with Gasteiger partial charge in [0.1, 0.15) is 6.04 Å². The van der Waals surface area contributed by atoms with Crippen molar-refractivity contribution in [3.8, 4) is 0 Å². The van der Waals surface area contributed by atoms with Crippen LogP contribution in [0.25, 0.3) is 0 Å². The van der Waals surface area contributed by atoms with E-state index in [1.807, 2.05) is 68.4 Å². The Morgan fingerprint density at radius 3 is 1.78 bits per heavy atom. The highest BCUT2D eigenvalue weighted by Crippen LogP contribution is 2.61. The van der Waals surface area contributed by atoms with Crippen LogP contribution in [0.4, 0.5) is 5.69 Å². The van der Waals surface area contributed by atoms with E-state index in [4.69, 9.17) is 4.74 Å². The molecule has 3 aliphatic carbocycles. The van der Waals surface area contributed by atoms with E-state index in [0.29, 0.717) is 5.69 Å². The van der Waals surface area contributed by atoms with Crippen LogP contribution in [0.1, 0.15) is 59.1 Å². The third-order valence-electron chi connectivity index (χ3n) is 8.97. The maximum Gasteiger partial charge on any atom is 0.330 e. The molecule has 210 valence electrons. The molecule has 3 atom stereocenters. The Kier molecular flexibility index (Phi) is 6.85. The summed E-state index contributed by atoms with van der Waals surface area (Å²) in [5.41, 5.74) is 6.78. The molecule has 3 aromatic rings. The van der Waals surface area contributed by atoms with Crippen molar-refractivity contribution >= 4 is 45.3 Å². The zero-order valence-electron chi connectivity index (χ0n) is 23.3. The summed E-state index contributed by atoms with van der Waals surface area (Å²) >= 11 is 3.48. The molecule has 1 aliphatic heterocycles. The second kappa shape index (κ2) is 10.2. The molecule has 3 amide bonds. The molecule has 0 saturated carbocycles. The van der Waals surface area contributed by atoms with Gasteiger partial charge in [0, 0.05) is 22.0 Å². The van der Waals surface area contributed by atoms with Crippen LogP contribution in [-0.4, -0.2) is 41.2 Å². The topological polar surface area (TPSA) is 92.8 Å². The van der Waals surface area contributed by atoms with Crippen LogP contribution in [0.2, 0.25) is 0 Å². The Morgan fingerprint density at radius 2 is 1.32 bits per heavy atom. The second-order valence-corrected chi connectivity index (χ2v) is 12.4. The smallest absolute Gasteiger partial charge is 0.330 e. The van der Waals surface area contributed by atoms with Gasteiger partial charge in [0.2, 0.25) is 11.8 Å². The van der Waals surface area contributed by atoms with E-state index in [0.717, 1.165) is 42.8 Å². The highest BCUT2D eigenvalue weighted by molar-refractivity contribution is 9.10. The monoisotopic (exact) mass is 614 g/mol. The fourth-order valence-electron chi connectivity index (χ4n) is 6.98. The first-order chi connectivity index (χ1) is 19.6. The predicted octanol–water partition coefficient (Wildman–Crippen LogP) is 5.46. The molecule has 1 N–H and O–H groups in total. The molecule has 3 aromatic carbocycles. The van der Waals surface area contributed by atoms with Crippen molar-refractivity contribution in [3.63, 3.8) is 0 Å². The van der Waals surface area contributed by atoms with Crippen LogP contribution >= 0.6 is 15.9 Å². The Hall–Kier alpha value is -3.78. The summed E-state index contributed by atoms with van der Waals surface area (Å²) in [4.78, 5) is 55.5. The van der Waals surface area contributed by atoms with Crippen LogP contribution in [-0.2, 0) is 23.9 Å². The molecular weight excluding hydrogens is 584 g/mol. The largest absolute Gasteiger partial charge is 0.454 e. The van der Waals surface area contributed by atoms with E-state index < -0.39 is 42.3 Å². The molecule has 2 bridgehead atoms. The normalized spacial score (nSPS) is 22.7. The van der Waals surface area contributed by atoms with Gasteiger partial charge in [-0.3, -0.25) is 19.3 Å². The van der Waals surface area contributed by atoms with E-state index >= 15 is 0 Å². The van der Waals surface area contributed by atoms with Gasteiger partial charge in [-0.25, -0.2) is 4.79 Å². The minimum absolute atomic E-state index is 0.258. The average Bonchev–Trinajstić information content (AvgIpc) is 3.22. The lowest BCUT2D eigenvalue weighted by Gasteiger charge is -2.45. The van der Waals surface area contributed by atoms with Crippen LogP contribution in [0.3, 0.4) is 0 Å². The molecule has 7 nitrogen and oxygen atoms in total. The van der Waals surface area contributed by atoms with Crippen LogP contribution in [0, 0.1) is 31.6 Å². The number of nitrogens with one attached hydrogen (secondary N) is 1. The quantitative estimate of drug-likeness (QED) is 0.294. The fourth-order valence-corrected chi connectivity index (χ4v) is 7.41. The molecule has 7 rings (SSSR count). The number of imide groups is 1. The van der Waals surface area contributed by atoms with Gasteiger partial charge in [0.05, 0.1) is 11.8 Å². The highest BCUT2D eigenvalue weighted by Gasteiger charge is 2.63. The molecule has 8 heteroatoms. The van der Waals surface area contributed by atoms with Gasteiger partial charge < -0.3 is 10.1 Å². The number of nitrogens with zero attached hydrogens (tertiary/aromatic N) is 1. The molecule has 0 unspecified atom stereocenters. The van der Waals surface area contributed by atoms with E-state index in [-0.39, 0.29) is 23.7 Å². The van der Waals surface area contributed by atoms with Crippen molar-refractivity contribution in [2.75, 3.05) is 11.9 Å². The number of hydrogen-bond acceptors (Lipinski definition) is 5. The first kappa shape index (κ1) is 27.4. The van der Waals surface area contributed by atoms with Crippen molar-refractivity contribution in [1.82, 2.24) is 4.90 Å². The Bertz CT molecular complexity index is 1500. The van der Waals surface area contributed by atoms with Gasteiger partial charge in [0.25, 0.3) is 5.91 Å². The number of anilines is 1. The van der Waals surface area contributed by atoms with Crippen molar-refractivity contribution in [2.45, 2.75) is 45.6 Å². The lowest BCUT2D eigenvalue weighted by molar-refractivity contribution is -0.162. The zero-order valence-corrected chi connectivity index (χ0v) is 24.9. The van der Waals surface area contributed by atoms with Gasteiger partial charge in [-0.1, -0.05) is 78.3 Å². The van der Waals surface area contributed by atoms with Crippen LogP contribution < -0.4 is 5.32 Å². The van der Waals surface area contributed by atoms with Crippen molar-refractivity contribution in [2.24, 2.45) is 17.8 Å². The minimum atomic E-state index is -1.13. The number of benzene rings is 3. The van der Waals surface area contributed by atoms with Gasteiger partial charge in [-0.15, -0.1) is 0 Å². The lowest BCUT2D eigenvalue weighted by atomic mass is 9.55. The number of likely N-dealkylation sites (tertiary alicyclic amines) is 1. The first-order valence-electron chi connectivity index (χ1n) is 13.9. The average molecular weight is 616 g/mol. The number of carbonyl (C=O) groups excluding carboxylic acids is 4. The van der Waals surface area contributed by atoms with Crippen molar-refractivity contribution in [3.05, 3.63) is 98.5 Å². The number of halogens is 1. The third-order valence-corrected chi connectivity index (χ3v) is 9.83. The predicted molar refractivity (Wildman–Crippen MR) is 157 cm³/mol. The van der Waals surface area contributed by atoms with Gasteiger partial charge in [0.15, 0.2) is 6.61 Å². The van der Waals surface area contributed by atoms with Gasteiger partial charge in [-0.05, 0) is 65.3 Å². The van der Waals surface area contributed by atoms with E-state index in [1.165, 1.54) is 0 Å². The SMILES string of the molecule is Cc1c(Br)ccc(NC(=O)COC(=O)[C@H](C(C)C)N2C(=O)[C@H]3C4c5ccccc5C(c5ccccc54)[C@@H]3C2=O)c1C. The molecule has 0 radical (unpaired) electrons. The highest BCUT2D eigenvalue weighted by atomic mass is 79.9. The summed E-state index contributed by atoms with van der Waals surface area (Å²) < 4.78 is 6.37. The first-order valence-corrected chi connectivity index (χ1v) is 14.7. The lowest BCUT2D eigenvalue weighted by Crippen LogP contribution is -2.49. The van der Waals surface area contributed by atoms with E-state index in [1.54, 1.807) is 19.9 Å². The molecule has 41 heavy (non-hydrogen) atoms. The summed E-state index contributed by atoms with van der Waals surface area (Å²) in [6, 6.07) is 18.5. The fraction of sp³-hybridized carbons (Fsp3) is 0.333. The number of ether oxygens (including phenoxy) is 1. The van der Waals surface area contributed by atoms with E-state index in [2.05, 4.69) is 21.2 Å². The standard InChI is InChI=1S/C33H31BrN2O5/c1-16(2)30(33(40)41-15-25(37)35-24-14-13-23(34)17(3)18(24)4)36-31(38)28-26-19-9-5-6-10-20(19)27(29(28)32(36)39)22-12-8-7-11-21(22)26/h5-14,16,26-30H,15H2,1-4H3,(H,35,37)/t26?,27?,28-,29-,30-/m0/s1. The van der Waals surface area contributed by atoms with Crippen LogP contribution in [0.15, 0.2) is 65.1 Å². The van der Waals surface area contributed by atoms with E-state index in [9.17, 15) is 19.2 Å². The third kappa shape index (κ3) is 4.22. The molecule has 0 spiro atoms. The van der Waals surface area contributed by atoms with Crippen LogP contribution in [0.5, 0.6) is 0 Å². The summed E-state index contributed by atoms with van der Waals surface area (Å²) in [5, 5.41) is 2.79. The molecule has 1 saturated heterocycles. The number of hydrogen-bond donors (Lipinski definition) is 1. The molecule has 1 heterocycles. The van der Waals surface area contributed by atoms with Gasteiger partial charge >= 0.3 is 5.97 Å². The summed E-state index contributed by atoms with van der Waals surface area (Å²) in [6.07, 6.45) is 0. The number of rotatable bonds is 6. The summed E-state index contributed by atoms with van der Waals surface area (Å²) in [6.45, 7) is 6.86. The van der Waals surface area contributed by atoms with Gasteiger partial charge in [-0.2, -0.15) is 0 Å². The summed E-state index contributed by atoms with van der Waals surface area (Å²) in [7, 11) is 0. The van der Waals surface area contributed by atoms with Crippen molar-refractivity contribution in [1.29, 1.82) is 0 Å². The maximum absolute atomic E-state index is 14.1. The zero-order chi connectivity index (χ0) is 29.2. The molecule has 1 fully saturated rings. The number of amides is 3. The summed E-state index contributed by atoms with van der Waals surface area (Å²) in [5.74, 6) is -4.05. The Morgan fingerprint density at radius 1 is 0.829 bits per heavy atom. The Labute approximate surface area is 247 Å². The maximum atomic E-state index is 14.1.